The molecule has 2 unspecified atom stereocenters. The zero-order valence-corrected chi connectivity index (χ0v) is 16.2. The number of nitrogens with one attached hydrogen (secondary N) is 2. The van der Waals surface area contributed by atoms with Crippen molar-refractivity contribution in [2.75, 3.05) is 46.9 Å². The van der Waals surface area contributed by atoms with Crippen molar-refractivity contribution < 1.29 is 4.74 Å². The van der Waals surface area contributed by atoms with Gasteiger partial charge < -0.3 is 20.3 Å². The summed E-state index contributed by atoms with van der Waals surface area (Å²) < 4.78 is 5.10. The topological polar surface area (TPSA) is 48.9 Å². The van der Waals surface area contributed by atoms with E-state index in [1.54, 1.807) is 7.11 Å². The highest BCUT2D eigenvalue weighted by atomic mass is 16.5. The molecular weight excluding hydrogens is 312 g/mol. The Morgan fingerprint density at radius 2 is 2.12 bits per heavy atom. The molecule has 0 aromatic heterocycles. The number of benzene rings is 1. The van der Waals surface area contributed by atoms with E-state index in [2.05, 4.69) is 60.7 Å². The number of aryl methyl sites for hydroxylation is 1. The summed E-state index contributed by atoms with van der Waals surface area (Å²) in [7, 11) is 3.89. The van der Waals surface area contributed by atoms with Gasteiger partial charge in [-0.3, -0.25) is 4.99 Å². The van der Waals surface area contributed by atoms with Crippen molar-refractivity contribution in [3.05, 3.63) is 35.4 Å². The molecule has 1 aliphatic rings. The van der Waals surface area contributed by atoms with Crippen LogP contribution in [-0.4, -0.2) is 63.8 Å². The molecule has 2 N–H and O–H groups in total. The van der Waals surface area contributed by atoms with Crippen LogP contribution in [0, 0.1) is 6.92 Å². The van der Waals surface area contributed by atoms with Crippen LogP contribution >= 0.6 is 0 Å². The fraction of sp³-hybridized carbons (Fsp3) is 0.650. The van der Waals surface area contributed by atoms with Gasteiger partial charge in [0.25, 0.3) is 0 Å². The highest BCUT2D eigenvalue weighted by Gasteiger charge is 2.39. The summed E-state index contributed by atoms with van der Waals surface area (Å²) in [6, 6.07) is 9.19. The van der Waals surface area contributed by atoms with E-state index in [0.717, 1.165) is 45.2 Å². The first-order valence-corrected chi connectivity index (χ1v) is 9.43. The Hall–Kier alpha value is -1.59. The summed E-state index contributed by atoms with van der Waals surface area (Å²) >= 11 is 0. The molecule has 1 saturated carbocycles. The van der Waals surface area contributed by atoms with E-state index in [4.69, 9.17) is 9.73 Å². The van der Waals surface area contributed by atoms with Gasteiger partial charge >= 0.3 is 0 Å². The molecule has 1 aromatic carbocycles. The van der Waals surface area contributed by atoms with E-state index in [1.807, 2.05) is 0 Å². The molecule has 5 heteroatoms. The summed E-state index contributed by atoms with van der Waals surface area (Å²) in [5.41, 5.74) is 2.85. The Morgan fingerprint density at radius 1 is 1.32 bits per heavy atom. The van der Waals surface area contributed by atoms with Crippen LogP contribution in [0.4, 0.5) is 0 Å². The maximum atomic E-state index is 5.10. The molecule has 140 valence electrons. The molecule has 0 spiro atoms. The zero-order chi connectivity index (χ0) is 18.1. The van der Waals surface area contributed by atoms with Gasteiger partial charge in [-0.15, -0.1) is 0 Å². The molecule has 1 aromatic rings. The van der Waals surface area contributed by atoms with Gasteiger partial charge in [-0.2, -0.15) is 0 Å². The summed E-state index contributed by atoms with van der Waals surface area (Å²) in [5.74, 6) is 1.55. The number of ether oxygens (including phenoxy) is 1. The average molecular weight is 347 g/mol. The molecule has 0 radical (unpaired) electrons. The molecule has 5 nitrogen and oxygen atoms in total. The first kappa shape index (κ1) is 19.7. The Balaban J connectivity index is 1.78. The van der Waals surface area contributed by atoms with Gasteiger partial charge in [-0.05, 0) is 44.9 Å². The van der Waals surface area contributed by atoms with Crippen LogP contribution in [0.5, 0.6) is 0 Å². The first-order chi connectivity index (χ1) is 12.2. The molecule has 1 aliphatic carbocycles. The van der Waals surface area contributed by atoms with Crippen molar-refractivity contribution in [3.63, 3.8) is 0 Å². The second-order valence-electron chi connectivity index (χ2n) is 6.86. The Labute approximate surface area is 152 Å². The molecule has 25 heavy (non-hydrogen) atoms. The number of guanidine groups is 1. The molecule has 2 atom stereocenters. The van der Waals surface area contributed by atoms with Gasteiger partial charge in [-0.1, -0.05) is 24.3 Å². The number of likely N-dealkylation sites (N-methyl/N-ethyl adjacent to an activating group) is 1. The highest BCUT2D eigenvalue weighted by Crippen LogP contribution is 2.41. The van der Waals surface area contributed by atoms with Crippen LogP contribution < -0.4 is 10.6 Å². The maximum Gasteiger partial charge on any atom is 0.191 e. The van der Waals surface area contributed by atoms with Crippen molar-refractivity contribution in [3.8, 4) is 0 Å². The average Bonchev–Trinajstić information content (AvgIpc) is 3.34. The van der Waals surface area contributed by atoms with Crippen LogP contribution in [0.2, 0.25) is 0 Å². The van der Waals surface area contributed by atoms with Crippen molar-refractivity contribution in [1.29, 1.82) is 0 Å². The fourth-order valence-electron chi connectivity index (χ4n) is 3.12. The Morgan fingerprint density at radius 3 is 2.84 bits per heavy atom. The van der Waals surface area contributed by atoms with Gasteiger partial charge in [0.2, 0.25) is 0 Å². The highest BCUT2D eigenvalue weighted by molar-refractivity contribution is 5.80. The number of hydrogen-bond donors (Lipinski definition) is 2. The van der Waals surface area contributed by atoms with Crippen molar-refractivity contribution in [1.82, 2.24) is 15.5 Å². The zero-order valence-electron chi connectivity index (χ0n) is 16.2. The van der Waals surface area contributed by atoms with E-state index >= 15 is 0 Å². The minimum Gasteiger partial charge on any atom is -0.385 e. The first-order valence-electron chi connectivity index (χ1n) is 9.43. The lowest BCUT2D eigenvalue weighted by atomic mass is 10.0. The number of methoxy groups -OCH3 is 1. The Bertz CT molecular complexity index is 546. The smallest absolute Gasteiger partial charge is 0.191 e. The minimum absolute atomic E-state index is 0.498. The lowest BCUT2D eigenvalue weighted by Gasteiger charge is -2.16. The van der Waals surface area contributed by atoms with Gasteiger partial charge in [0.15, 0.2) is 5.96 Å². The quantitative estimate of drug-likeness (QED) is 0.388. The molecular formula is C20H34N4O. The van der Waals surface area contributed by atoms with Crippen molar-refractivity contribution >= 4 is 5.96 Å². The maximum absolute atomic E-state index is 5.10. The van der Waals surface area contributed by atoms with E-state index in [-0.39, 0.29) is 0 Å². The number of rotatable bonds is 10. The van der Waals surface area contributed by atoms with Crippen LogP contribution in [0.25, 0.3) is 0 Å². The largest absolute Gasteiger partial charge is 0.385 e. The van der Waals surface area contributed by atoms with Gasteiger partial charge in [0.1, 0.15) is 0 Å². The minimum atomic E-state index is 0.498. The number of hydrogen-bond acceptors (Lipinski definition) is 3. The van der Waals surface area contributed by atoms with Crippen LogP contribution in [-0.2, 0) is 4.74 Å². The SMILES string of the molecule is CCNC(=NCCN(C)CCCOC)NC1CC1c1ccccc1C. The fourth-order valence-corrected chi connectivity index (χ4v) is 3.12. The summed E-state index contributed by atoms with van der Waals surface area (Å²) in [4.78, 5) is 7.04. The van der Waals surface area contributed by atoms with E-state index in [0.29, 0.717) is 12.0 Å². The van der Waals surface area contributed by atoms with Crippen LogP contribution in [0.1, 0.15) is 36.8 Å². The van der Waals surface area contributed by atoms with Gasteiger partial charge in [-0.25, -0.2) is 0 Å². The third kappa shape index (κ3) is 6.67. The van der Waals surface area contributed by atoms with Crippen molar-refractivity contribution in [2.24, 2.45) is 4.99 Å². The monoisotopic (exact) mass is 346 g/mol. The number of aliphatic imine (C=N–C) groups is 1. The van der Waals surface area contributed by atoms with Gasteiger partial charge in [0.05, 0.1) is 6.54 Å². The Kier molecular flexibility index (Phi) is 8.22. The van der Waals surface area contributed by atoms with Crippen molar-refractivity contribution in [2.45, 2.75) is 38.6 Å². The second kappa shape index (κ2) is 10.4. The second-order valence-corrected chi connectivity index (χ2v) is 6.86. The summed E-state index contributed by atoms with van der Waals surface area (Å²) in [6.07, 6.45) is 2.25. The molecule has 2 rings (SSSR count). The van der Waals surface area contributed by atoms with Crippen LogP contribution in [0.3, 0.4) is 0 Å². The van der Waals surface area contributed by atoms with Crippen LogP contribution in [0.15, 0.2) is 29.3 Å². The molecule has 0 aliphatic heterocycles. The predicted molar refractivity (Wildman–Crippen MR) is 105 cm³/mol. The lowest BCUT2D eigenvalue weighted by molar-refractivity contribution is 0.180. The molecule has 0 amide bonds. The summed E-state index contributed by atoms with van der Waals surface area (Å²) in [6.45, 7) is 8.83. The molecule has 0 saturated heterocycles. The molecule has 0 bridgehead atoms. The predicted octanol–water partition coefficient (Wildman–Crippen LogP) is 2.37. The number of nitrogens with zero attached hydrogens (tertiary/aromatic N) is 2. The van der Waals surface area contributed by atoms with E-state index in [1.165, 1.54) is 17.5 Å². The lowest BCUT2D eigenvalue weighted by Crippen LogP contribution is -2.39. The van der Waals surface area contributed by atoms with E-state index in [9.17, 15) is 0 Å². The van der Waals surface area contributed by atoms with Gasteiger partial charge in [0, 0.05) is 45.3 Å². The normalized spacial score (nSPS) is 20.0. The molecule has 1 fully saturated rings. The summed E-state index contributed by atoms with van der Waals surface area (Å²) in [5, 5.41) is 6.96. The standard InChI is InChI=1S/C20H34N4O/c1-5-21-20(22-11-13-24(3)12-8-14-25-4)23-19-15-18(19)17-10-7-6-9-16(17)2/h6-7,9-10,18-19H,5,8,11-15H2,1-4H3,(H2,21,22,23). The third-order valence-corrected chi connectivity index (χ3v) is 4.68. The molecule has 0 heterocycles. The van der Waals surface area contributed by atoms with E-state index < -0.39 is 0 Å². The third-order valence-electron chi connectivity index (χ3n) is 4.68.